The summed E-state index contributed by atoms with van der Waals surface area (Å²) in [7, 11) is 0. The van der Waals surface area contributed by atoms with Crippen LogP contribution in [0.3, 0.4) is 0 Å². The minimum absolute atomic E-state index is 0.0658. The van der Waals surface area contributed by atoms with Gasteiger partial charge in [-0.1, -0.05) is 28.9 Å². The van der Waals surface area contributed by atoms with E-state index < -0.39 is 0 Å². The van der Waals surface area contributed by atoms with E-state index in [9.17, 15) is 0 Å². The highest BCUT2D eigenvalue weighted by molar-refractivity contribution is 5.30. The van der Waals surface area contributed by atoms with Crippen LogP contribution in [0.5, 0.6) is 0 Å². The van der Waals surface area contributed by atoms with Gasteiger partial charge >= 0.3 is 0 Å². The summed E-state index contributed by atoms with van der Waals surface area (Å²) in [5, 5.41) is 4.06. The van der Waals surface area contributed by atoms with Gasteiger partial charge in [-0.15, -0.1) is 0 Å². The Balaban J connectivity index is 1.83. The lowest BCUT2D eigenvalue weighted by Gasteiger charge is -2.34. The zero-order valence-electron chi connectivity index (χ0n) is 12.8. The van der Waals surface area contributed by atoms with Crippen LogP contribution in [0.1, 0.15) is 34.4 Å². The normalized spacial score (nSPS) is 19.9. The van der Waals surface area contributed by atoms with Crippen LogP contribution in [-0.4, -0.2) is 34.8 Å². The van der Waals surface area contributed by atoms with Gasteiger partial charge in [0.15, 0.2) is 5.82 Å². The molecule has 0 bridgehead atoms. The van der Waals surface area contributed by atoms with Crippen molar-refractivity contribution in [2.24, 2.45) is 0 Å². The predicted octanol–water partition coefficient (Wildman–Crippen LogP) is 2.57. The molecule has 2 heterocycles. The van der Waals surface area contributed by atoms with Gasteiger partial charge < -0.3 is 9.26 Å². The summed E-state index contributed by atoms with van der Waals surface area (Å²) in [6.07, 6.45) is 0. The van der Waals surface area contributed by atoms with Crippen LogP contribution in [0.15, 0.2) is 22.7 Å². The molecular weight excluding hydrogens is 266 g/mol. The molecule has 1 atom stereocenters. The zero-order valence-corrected chi connectivity index (χ0v) is 12.8. The van der Waals surface area contributed by atoms with Gasteiger partial charge in [0, 0.05) is 20.0 Å². The topological polar surface area (TPSA) is 51.4 Å². The molecule has 0 aliphatic carbocycles. The van der Waals surface area contributed by atoms with E-state index in [0.717, 1.165) is 25.5 Å². The molecule has 21 heavy (non-hydrogen) atoms. The predicted molar refractivity (Wildman–Crippen MR) is 78.9 cm³/mol. The van der Waals surface area contributed by atoms with Crippen molar-refractivity contribution in [1.82, 2.24) is 15.0 Å². The molecule has 1 saturated heterocycles. The zero-order chi connectivity index (χ0) is 14.8. The van der Waals surface area contributed by atoms with E-state index in [-0.39, 0.29) is 6.04 Å². The van der Waals surface area contributed by atoms with Gasteiger partial charge in [0.1, 0.15) is 0 Å². The number of nitrogens with zero attached hydrogens (tertiary/aromatic N) is 3. The summed E-state index contributed by atoms with van der Waals surface area (Å²) < 4.78 is 10.7. The standard InChI is InChI=1S/C16H21N3O2/c1-11-4-5-12(2)14(8-11)9-19-6-7-20-10-15(19)16-17-13(3)21-18-16/h4-5,8,15H,6-7,9-10H2,1-3H3/t15-/m1/s1. The lowest BCUT2D eigenvalue weighted by molar-refractivity contribution is -0.0167. The van der Waals surface area contributed by atoms with Crippen LogP contribution >= 0.6 is 0 Å². The fourth-order valence-corrected chi connectivity index (χ4v) is 2.70. The maximum absolute atomic E-state index is 5.60. The summed E-state index contributed by atoms with van der Waals surface area (Å²) in [5.41, 5.74) is 3.95. The highest BCUT2D eigenvalue weighted by Crippen LogP contribution is 2.25. The van der Waals surface area contributed by atoms with Gasteiger partial charge in [-0.2, -0.15) is 4.98 Å². The van der Waals surface area contributed by atoms with Crippen LogP contribution in [0.2, 0.25) is 0 Å². The summed E-state index contributed by atoms with van der Waals surface area (Å²) in [6, 6.07) is 6.65. The Hall–Kier alpha value is -1.72. The average Bonchev–Trinajstić information content (AvgIpc) is 2.90. The lowest BCUT2D eigenvalue weighted by Crippen LogP contribution is -2.39. The van der Waals surface area contributed by atoms with Crippen molar-refractivity contribution in [1.29, 1.82) is 0 Å². The molecule has 1 fully saturated rings. The molecule has 0 spiro atoms. The number of ether oxygens (including phenoxy) is 1. The number of hydrogen-bond acceptors (Lipinski definition) is 5. The highest BCUT2D eigenvalue weighted by Gasteiger charge is 2.28. The van der Waals surface area contributed by atoms with E-state index in [1.807, 2.05) is 6.92 Å². The number of benzene rings is 1. The fourth-order valence-electron chi connectivity index (χ4n) is 2.70. The first-order valence-electron chi connectivity index (χ1n) is 7.31. The van der Waals surface area contributed by atoms with E-state index in [4.69, 9.17) is 9.26 Å². The molecule has 112 valence electrons. The smallest absolute Gasteiger partial charge is 0.223 e. The second kappa shape index (κ2) is 5.95. The third-order valence-corrected chi connectivity index (χ3v) is 3.96. The van der Waals surface area contributed by atoms with Gasteiger partial charge in [0.25, 0.3) is 0 Å². The van der Waals surface area contributed by atoms with Crippen molar-refractivity contribution < 1.29 is 9.26 Å². The summed E-state index contributed by atoms with van der Waals surface area (Å²) >= 11 is 0. The van der Waals surface area contributed by atoms with Crippen molar-refractivity contribution in [3.05, 3.63) is 46.6 Å². The van der Waals surface area contributed by atoms with Crippen LogP contribution in [0.4, 0.5) is 0 Å². The van der Waals surface area contributed by atoms with E-state index >= 15 is 0 Å². The van der Waals surface area contributed by atoms with E-state index in [1.165, 1.54) is 16.7 Å². The van der Waals surface area contributed by atoms with E-state index in [1.54, 1.807) is 0 Å². The Bertz CT molecular complexity index is 624. The molecule has 5 nitrogen and oxygen atoms in total. The van der Waals surface area contributed by atoms with E-state index in [0.29, 0.717) is 12.5 Å². The monoisotopic (exact) mass is 287 g/mol. The molecule has 0 N–H and O–H groups in total. The molecule has 1 aromatic heterocycles. The van der Waals surface area contributed by atoms with Crippen LogP contribution in [-0.2, 0) is 11.3 Å². The number of morpholine rings is 1. The Kier molecular flexibility index (Phi) is 4.03. The molecule has 1 aromatic carbocycles. The number of rotatable bonds is 3. The second-order valence-corrected chi connectivity index (χ2v) is 5.66. The Morgan fingerprint density at radius 3 is 2.90 bits per heavy atom. The van der Waals surface area contributed by atoms with Gasteiger partial charge in [-0.3, -0.25) is 4.90 Å². The van der Waals surface area contributed by atoms with Crippen molar-refractivity contribution >= 4 is 0 Å². The summed E-state index contributed by atoms with van der Waals surface area (Å²) in [6.45, 7) is 9.23. The van der Waals surface area contributed by atoms with Crippen LogP contribution in [0.25, 0.3) is 0 Å². The van der Waals surface area contributed by atoms with Crippen LogP contribution < -0.4 is 0 Å². The molecule has 0 unspecified atom stereocenters. The van der Waals surface area contributed by atoms with Crippen molar-refractivity contribution in [2.45, 2.75) is 33.4 Å². The Morgan fingerprint density at radius 1 is 1.29 bits per heavy atom. The van der Waals surface area contributed by atoms with Crippen molar-refractivity contribution in [3.8, 4) is 0 Å². The number of aryl methyl sites for hydroxylation is 3. The van der Waals surface area contributed by atoms with Gasteiger partial charge in [-0.25, -0.2) is 0 Å². The molecule has 0 radical (unpaired) electrons. The Morgan fingerprint density at radius 2 is 2.14 bits per heavy atom. The first-order chi connectivity index (χ1) is 10.1. The average molecular weight is 287 g/mol. The van der Waals surface area contributed by atoms with Crippen molar-refractivity contribution in [2.75, 3.05) is 19.8 Å². The minimum atomic E-state index is 0.0658. The van der Waals surface area contributed by atoms with Crippen LogP contribution in [0, 0.1) is 20.8 Å². The molecule has 0 saturated carbocycles. The van der Waals surface area contributed by atoms with E-state index in [2.05, 4.69) is 47.1 Å². The first kappa shape index (κ1) is 14.2. The molecule has 1 aliphatic heterocycles. The maximum Gasteiger partial charge on any atom is 0.223 e. The summed E-state index contributed by atoms with van der Waals surface area (Å²) in [4.78, 5) is 6.74. The maximum atomic E-state index is 5.60. The molecule has 2 aromatic rings. The number of hydrogen-bond donors (Lipinski definition) is 0. The van der Waals surface area contributed by atoms with Gasteiger partial charge in [0.2, 0.25) is 5.89 Å². The third kappa shape index (κ3) is 3.14. The SMILES string of the molecule is Cc1ccc(C)c(CN2CCOC[C@@H]2c2noc(C)n2)c1. The first-order valence-corrected chi connectivity index (χ1v) is 7.31. The molecule has 0 amide bonds. The summed E-state index contributed by atoms with van der Waals surface area (Å²) in [5.74, 6) is 1.32. The van der Waals surface area contributed by atoms with Gasteiger partial charge in [0.05, 0.1) is 19.3 Å². The molecular formula is C16H21N3O2. The molecule has 3 rings (SSSR count). The quantitative estimate of drug-likeness (QED) is 0.868. The highest BCUT2D eigenvalue weighted by atomic mass is 16.5. The second-order valence-electron chi connectivity index (χ2n) is 5.66. The largest absolute Gasteiger partial charge is 0.378 e. The lowest BCUT2D eigenvalue weighted by atomic mass is 10.0. The number of aromatic nitrogens is 2. The fraction of sp³-hybridized carbons (Fsp3) is 0.500. The Labute approximate surface area is 124 Å². The van der Waals surface area contributed by atoms with Crippen molar-refractivity contribution in [3.63, 3.8) is 0 Å². The minimum Gasteiger partial charge on any atom is -0.378 e. The third-order valence-electron chi connectivity index (χ3n) is 3.96. The molecule has 1 aliphatic rings. The molecule has 5 heteroatoms. The van der Waals surface area contributed by atoms with Gasteiger partial charge in [-0.05, 0) is 25.0 Å².